The van der Waals surface area contributed by atoms with Crippen LogP contribution in [0.4, 0.5) is 33.6 Å². The number of benzene rings is 1. The van der Waals surface area contributed by atoms with E-state index in [-0.39, 0.29) is 22.6 Å². The van der Waals surface area contributed by atoms with Crippen LogP contribution in [0.2, 0.25) is 0 Å². The van der Waals surface area contributed by atoms with Gasteiger partial charge >= 0.3 is 6.18 Å². The number of alkyl halides is 3. The van der Waals surface area contributed by atoms with Crippen LogP contribution in [0.3, 0.4) is 0 Å². The van der Waals surface area contributed by atoms with Crippen molar-refractivity contribution in [3.05, 3.63) is 47.3 Å². The van der Waals surface area contributed by atoms with Crippen LogP contribution in [-0.4, -0.2) is 28.5 Å². The van der Waals surface area contributed by atoms with Crippen molar-refractivity contribution < 1.29 is 26.7 Å². The summed E-state index contributed by atoms with van der Waals surface area (Å²) in [6.45, 7) is 6.08. The number of nitrogens with two attached hydrogens (primary N) is 1. The fraction of sp³-hybridized carbons (Fsp3) is 0.500. The van der Waals surface area contributed by atoms with Gasteiger partial charge in [0.25, 0.3) is 0 Å². The second-order valence-corrected chi connectivity index (χ2v) is 9.31. The molecule has 180 valence electrons. The standard InChI is InChI=1S/C22H26F5N5O/c1-21(2,3)10-15(18(28)33)31-19-17(24)20(30-11-29-19)32-8-4-5-16(32)12-6-7-13(14(23)9-12)22(25,26)27/h6-7,9,11,15-16H,4-5,8,10H2,1-3H3,(H2,28,33)(H,29,30,31). The van der Waals surface area contributed by atoms with Crippen molar-refractivity contribution >= 4 is 17.5 Å². The summed E-state index contributed by atoms with van der Waals surface area (Å²) >= 11 is 0. The van der Waals surface area contributed by atoms with Crippen LogP contribution in [-0.2, 0) is 11.0 Å². The molecule has 0 bridgehead atoms. The molecule has 33 heavy (non-hydrogen) atoms. The zero-order valence-corrected chi connectivity index (χ0v) is 18.5. The van der Waals surface area contributed by atoms with Gasteiger partial charge in [-0.15, -0.1) is 0 Å². The number of rotatable bonds is 6. The van der Waals surface area contributed by atoms with Gasteiger partial charge in [0.1, 0.15) is 18.2 Å². The van der Waals surface area contributed by atoms with E-state index in [2.05, 4.69) is 15.3 Å². The lowest BCUT2D eigenvalue weighted by Crippen LogP contribution is -2.39. The highest BCUT2D eigenvalue weighted by Gasteiger charge is 2.36. The van der Waals surface area contributed by atoms with Crippen molar-refractivity contribution in [1.29, 1.82) is 0 Å². The van der Waals surface area contributed by atoms with Gasteiger partial charge in [-0.1, -0.05) is 26.8 Å². The summed E-state index contributed by atoms with van der Waals surface area (Å²) in [5, 5.41) is 2.74. The maximum atomic E-state index is 15.4. The first-order valence-corrected chi connectivity index (χ1v) is 10.5. The summed E-state index contributed by atoms with van der Waals surface area (Å²) in [4.78, 5) is 21.3. The lowest BCUT2D eigenvalue weighted by molar-refractivity contribution is -0.140. The highest BCUT2D eigenvalue weighted by Crippen LogP contribution is 2.39. The number of anilines is 2. The smallest absolute Gasteiger partial charge is 0.368 e. The van der Waals surface area contributed by atoms with Crippen LogP contribution in [0.5, 0.6) is 0 Å². The SMILES string of the molecule is CC(C)(C)CC(Nc1ncnc(N2CCCC2c2ccc(C(F)(F)F)c(F)c2)c1F)C(N)=O. The molecule has 2 unspecified atom stereocenters. The third-order valence-electron chi connectivity index (χ3n) is 5.45. The minimum atomic E-state index is -4.80. The summed E-state index contributed by atoms with van der Waals surface area (Å²) in [5.74, 6) is -3.17. The highest BCUT2D eigenvalue weighted by atomic mass is 19.4. The van der Waals surface area contributed by atoms with Gasteiger partial charge in [0.15, 0.2) is 11.6 Å². The molecule has 0 spiro atoms. The minimum Gasteiger partial charge on any atom is -0.368 e. The zero-order valence-electron chi connectivity index (χ0n) is 18.5. The average Bonchev–Trinajstić information content (AvgIpc) is 3.16. The molecule has 1 aliphatic rings. The summed E-state index contributed by atoms with van der Waals surface area (Å²) < 4.78 is 68.2. The molecule has 3 rings (SSSR count). The highest BCUT2D eigenvalue weighted by molar-refractivity contribution is 5.82. The van der Waals surface area contributed by atoms with Crippen LogP contribution >= 0.6 is 0 Å². The van der Waals surface area contributed by atoms with E-state index in [9.17, 15) is 22.4 Å². The van der Waals surface area contributed by atoms with Gasteiger partial charge in [-0.05, 0) is 42.4 Å². The maximum Gasteiger partial charge on any atom is 0.419 e. The van der Waals surface area contributed by atoms with Crippen LogP contribution < -0.4 is 16.0 Å². The third-order valence-corrected chi connectivity index (χ3v) is 5.45. The predicted octanol–water partition coefficient (Wildman–Crippen LogP) is 4.82. The molecule has 2 heterocycles. The Labute approximate surface area is 188 Å². The molecule has 2 atom stereocenters. The van der Waals surface area contributed by atoms with E-state index in [0.29, 0.717) is 31.9 Å². The minimum absolute atomic E-state index is 0.0886. The maximum absolute atomic E-state index is 15.4. The molecule has 1 amide bonds. The van der Waals surface area contributed by atoms with E-state index in [1.165, 1.54) is 6.07 Å². The average molecular weight is 471 g/mol. The van der Waals surface area contributed by atoms with E-state index in [1.54, 1.807) is 4.90 Å². The topological polar surface area (TPSA) is 84.1 Å². The number of aromatic nitrogens is 2. The van der Waals surface area contributed by atoms with E-state index in [4.69, 9.17) is 5.73 Å². The lowest BCUT2D eigenvalue weighted by atomic mass is 9.88. The van der Waals surface area contributed by atoms with Crippen molar-refractivity contribution in [3.63, 3.8) is 0 Å². The monoisotopic (exact) mass is 471 g/mol. The molecule has 6 nitrogen and oxygen atoms in total. The summed E-state index contributed by atoms with van der Waals surface area (Å²) in [6.07, 6.45) is -2.27. The number of nitrogens with zero attached hydrogens (tertiary/aromatic N) is 3. The van der Waals surface area contributed by atoms with Crippen molar-refractivity contribution in [2.75, 3.05) is 16.8 Å². The zero-order chi connectivity index (χ0) is 24.6. The third kappa shape index (κ3) is 5.69. The Hall–Kier alpha value is -2.98. The van der Waals surface area contributed by atoms with Gasteiger partial charge in [0.05, 0.1) is 11.6 Å². The lowest BCUT2D eigenvalue weighted by Gasteiger charge is -2.28. The second-order valence-electron chi connectivity index (χ2n) is 9.31. The van der Waals surface area contributed by atoms with Gasteiger partial charge < -0.3 is 16.0 Å². The van der Waals surface area contributed by atoms with Gasteiger partial charge in [-0.3, -0.25) is 4.79 Å². The first-order chi connectivity index (χ1) is 15.3. The Morgan fingerprint density at radius 1 is 1.24 bits per heavy atom. The fourth-order valence-corrected chi connectivity index (χ4v) is 4.00. The van der Waals surface area contributed by atoms with Crippen LogP contribution in [0.1, 0.15) is 57.2 Å². The van der Waals surface area contributed by atoms with E-state index >= 15 is 4.39 Å². The molecule has 3 N–H and O–H groups in total. The number of hydrogen-bond donors (Lipinski definition) is 2. The Balaban J connectivity index is 1.90. The van der Waals surface area contributed by atoms with Crippen molar-refractivity contribution in [1.82, 2.24) is 9.97 Å². The summed E-state index contributed by atoms with van der Waals surface area (Å²) in [7, 11) is 0. The first-order valence-electron chi connectivity index (χ1n) is 10.5. The van der Waals surface area contributed by atoms with Gasteiger partial charge in [-0.2, -0.15) is 17.6 Å². The van der Waals surface area contributed by atoms with Crippen LogP contribution in [0, 0.1) is 17.0 Å². The Morgan fingerprint density at radius 2 is 1.94 bits per heavy atom. The number of carbonyl (C=O) groups is 1. The van der Waals surface area contributed by atoms with Crippen LogP contribution in [0.25, 0.3) is 0 Å². The number of nitrogens with one attached hydrogen (secondary N) is 1. The summed E-state index contributed by atoms with van der Waals surface area (Å²) in [5.41, 5.74) is 4.12. The first kappa shape index (κ1) is 24.7. The molecule has 1 fully saturated rings. The molecule has 1 saturated heterocycles. The molecule has 2 aromatic rings. The van der Waals surface area contributed by atoms with E-state index in [0.717, 1.165) is 12.4 Å². The van der Waals surface area contributed by atoms with Gasteiger partial charge in [-0.25, -0.2) is 14.4 Å². The number of primary amides is 1. The van der Waals surface area contributed by atoms with Crippen LogP contribution in [0.15, 0.2) is 24.5 Å². The molecule has 0 radical (unpaired) electrons. The van der Waals surface area contributed by atoms with E-state index < -0.39 is 41.4 Å². The molecule has 11 heteroatoms. The number of carbonyl (C=O) groups excluding carboxylic acids is 1. The summed E-state index contributed by atoms with van der Waals surface area (Å²) in [6, 6.07) is 1.27. The largest absolute Gasteiger partial charge is 0.419 e. The molecular formula is C22H26F5N5O. The second kappa shape index (κ2) is 9.11. The molecule has 0 aliphatic carbocycles. The Bertz CT molecular complexity index is 1020. The van der Waals surface area contributed by atoms with Crippen molar-refractivity contribution in [2.45, 2.75) is 58.3 Å². The normalized spacial score (nSPS) is 17.8. The quantitative estimate of drug-likeness (QED) is 0.591. The molecular weight excluding hydrogens is 445 g/mol. The number of amides is 1. The Morgan fingerprint density at radius 3 is 2.52 bits per heavy atom. The number of halogens is 5. The van der Waals surface area contributed by atoms with Gasteiger partial charge in [0.2, 0.25) is 11.7 Å². The van der Waals surface area contributed by atoms with Crippen molar-refractivity contribution in [2.24, 2.45) is 11.1 Å². The van der Waals surface area contributed by atoms with Crippen molar-refractivity contribution in [3.8, 4) is 0 Å². The number of hydrogen-bond acceptors (Lipinski definition) is 5. The van der Waals surface area contributed by atoms with Gasteiger partial charge in [0, 0.05) is 6.54 Å². The Kier molecular flexibility index (Phi) is 6.80. The molecule has 1 aromatic heterocycles. The predicted molar refractivity (Wildman–Crippen MR) is 113 cm³/mol. The molecule has 0 saturated carbocycles. The van der Waals surface area contributed by atoms with E-state index in [1.807, 2.05) is 20.8 Å². The fourth-order valence-electron chi connectivity index (χ4n) is 4.00. The molecule has 1 aliphatic heterocycles. The molecule has 1 aromatic carbocycles.